The fourth-order valence-electron chi connectivity index (χ4n) is 0.921. The van der Waals surface area contributed by atoms with Gasteiger partial charge in [-0.05, 0) is 6.92 Å². The maximum atomic E-state index is 12.3. The zero-order valence-electron chi connectivity index (χ0n) is 6.68. The highest BCUT2D eigenvalue weighted by Gasteiger charge is 2.16. The predicted octanol–water partition coefficient (Wildman–Crippen LogP) is 2.85. The molecule has 1 aromatic rings. The van der Waals surface area contributed by atoms with Gasteiger partial charge in [0.25, 0.3) is 6.43 Å². The number of alkyl halides is 2. The van der Waals surface area contributed by atoms with Crippen LogP contribution in [-0.4, -0.2) is 4.98 Å². The van der Waals surface area contributed by atoms with E-state index in [1.54, 1.807) is 6.07 Å². The van der Waals surface area contributed by atoms with Crippen LogP contribution < -0.4 is 0 Å². The third kappa shape index (κ3) is 1.76. The van der Waals surface area contributed by atoms with Crippen molar-refractivity contribution in [3.8, 4) is 6.07 Å². The first-order valence-electron chi connectivity index (χ1n) is 3.41. The van der Waals surface area contributed by atoms with Crippen molar-refractivity contribution in [1.29, 1.82) is 5.26 Å². The van der Waals surface area contributed by atoms with E-state index in [0.29, 0.717) is 5.56 Å². The summed E-state index contributed by atoms with van der Waals surface area (Å²) in [6.07, 6.45) is -1.77. The van der Waals surface area contributed by atoms with E-state index in [-0.39, 0.29) is 16.3 Å². The molecule has 1 rings (SSSR count). The monoisotopic (exact) mass is 202 g/mol. The maximum absolute atomic E-state index is 12.3. The van der Waals surface area contributed by atoms with Crippen LogP contribution in [0.2, 0.25) is 5.15 Å². The quantitative estimate of drug-likeness (QED) is 0.657. The van der Waals surface area contributed by atoms with Crippen LogP contribution in [0.4, 0.5) is 8.78 Å². The molecule has 0 fully saturated rings. The third-order valence-electron chi connectivity index (χ3n) is 1.64. The first-order chi connectivity index (χ1) is 6.07. The Hall–Kier alpha value is -1.21. The van der Waals surface area contributed by atoms with E-state index in [1.165, 1.54) is 6.92 Å². The second kappa shape index (κ2) is 3.67. The Bertz CT molecular complexity index is 371. The summed E-state index contributed by atoms with van der Waals surface area (Å²) < 4.78 is 24.6. The summed E-state index contributed by atoms with van der Waals surface area (Å²) in [5.74, 6) is 0. The molecular formula is C8H5ClF2N2. The molecule has 0 spiro atoms. The molecule has 68 valence electrons. The van der Waals surface area contributed by atoms with Crippen LogP contribution in [0.15, 0.2) is 6.20 Å². The lowest BCUT2D eigenvalue weighted by molar-refractivity contribution is 0.150. The van der Waals surface area contributed by atoms with Crippen LogP contribution in [0.25, 0.3) is 0 Å². The second-order valence-corrected chi connectivity index (χ2v) is 2.77. The van der Waals surface area contributed by atoms with Gasteiger partial charge in [-0.2, -0.15) is 5.26 Å². The summed E-state index contributed by atoms with van der Waals surface area (Å²) in [7, 11) is 0. The van der Waals surface area contributed by atoms with Gasteiger partial charge in [-0.1, -0.05) is 11.6 Å². The molecule has 0 aliphatic carbocycles. The van der Waals surface area contributed by atoms with Crippen molar-refractivity contribution in [3.05, 3.63) is 28.0 Å². The van der Waals surface area contributed by atoms with Gasteiger partial charge in [-0.3, -0.25) is 0 Å². The molecule has 0 unspecified atom stereocenters. The number of aromatic nitrogens is 1. The van der Waals surface area contributed by atoms with Gasteiger partial charge in [0.2, 0.25) is 0 Å². The van der Waals surface area contributed by atoms with Crippen molar-refractivity contribution in [2.24, 2.45) is 0 Å². The van der Waals surface area contributed by atoms with E-state index in [0.717, 1.165) is 6.20 Å². The van der Waals surface area contributed by atoms with Gasteiger partial charge >= 0.3 is 0 Å². The lowest BCUT2D eigenvalue weighted by Crippen LogP contribution is -1.96. The highest BCUT2D eigenvalue weighted by atomic mass is 35.5. The van der Waals surface area contributed by atoms with E-state index in [4.69, 9.17) is 16.9 Å². The van der Waals surface area contributed by atoms with E-state index < -0.39 is 6.43 Å². The van der Waals surface area contributed by atoms with Crippen LogP contribution >= 0.6 is 11.6 Å². The van der Waals surface area contributed by atoms with Crippen LogP contribution in [0, 0.1) is 18.3 Å². The average molecular weight is 203 g/mol. The molecule has 0 aliphatic heterocycles. The van der Waals surface area contributed by atoms with Crippen LogP contribution in [0.5, 0.6) is 0 Å². The molecule has 0 N–H and O–H groups in total. The first kappa shape index (κ1) is 9.87. The molecule has 0 aromatic carbocycles. The van der Waals surface area contributed by atoms with Gasteiger partial charge in [0.15, 0.2) is 0 Å². The molecule has 0 bridgehead atoms. The fraction of sp³-hybridized carbons (Fsp3) is 0.250. The zero-order chi connectivity index (χ0) is 10.0. The number of rotatable bonds is 1. The minimum atomic E-state index is -2.70. The molecule has 0 aliphatic rings. The minimum Gasteiger partial charge on any atom is -0.244 e. The Morgan fingerprint density at radius 2 is 2.23 bits per heavy atom. The normalized spacial score (nSPS) is 10.2. The lowest BCUT2D eigenvalue weighted by Gasteiger charge is -2.05. The summed E-state index contributed by atoms with van der Waals surface area (Å²) in [4.78, 5) is 3.54. The van der Waals surface area contributed by atoms with Crippen molar-refractivity contribution >= 4 is 11.6 Å². The lowest BCUT2D eigenvalue weighted by atomic mass is 10.1. The Morgan fingerprint density at radius 3 is 2.69 bits per heavy atom. The van der Waals surface area contributed by atoms with Gasteiger partial charge in [-0.25, -0.2) is 13.8 Å². The van der Waals surface area contributed by atoms with E-state index in [2.05, 4.69) is 4.98 Å². The van der Waals surface area contributed by atoms with Crippen molar-refractivity contribution in [3.63, 3.8) is 0 Å². The Labute approximate surface area is 78.8 Å². The molecule has 0 atom stereocenters. The molecule has 0 amide bonds. The van der Waals surface area contributed by atoms with Gasteiger partial charge < -0.3 is 0 Å². The summed E-state index contributed by atoms with van der Waals surface area (Å²) in [5, 5.41) is 8.69. The van der Waals surface area contributed by atoms with E-state index in [1.807, 2.05) is 0 Å². The number of nitrogens with zero attached hydrogens (tertiary/aromatic N) is 2. The van der Waals surface area contributed by atoms with E-state index >= 15 is 0 Å². The molecule has 2 nitrogen and oxygen atoms in total. The maximum Gasteiger partial charge on any atom is 0.266 e. The largest absolute Gasteiger partial charge is 0.266 e. The molecule has 1 aromatic heterocycles. The fourth-order valence-corrected chi connectivity index (χ4v) is 1.06. The average Bonchev–Trinajstić information content (AvgIpc) is 2.09. The Kier molecular flexibility index (Phi) is 2.79. The summed E-state index contributed by atoms with van der Waals surface area (Å²) in [6, 6.07) is 1.68. The number of hydrogen-bond acceptors (Lipinski definition) is 2. The molecule has 1 heterocycles. The Morgan fingerprint density at radius 1 is 1.62 bits per heavy atom. The summed E-state index contributed by atoms with van der Waals surface area (Å²) in [6.45, 7) is 1.49. The SMILES string of the molecule is Cc1c(Cl)ncc(C(F)F)c1C#N. The summed E-state index contributed by atoms with van der Waals surface area (Å²) >= 11 is 5.56. The standard InChI is InChI=1S/C8H5ClF2N2/c1-4-5(2-12)6(8(10)11)3-13-7(4)9/h3,8H,1H3. The smallest absolute Gasteiger partial charge is 0.244 e. The number of nitriles is 1. The van der Waals surface area contributed by atoms with E-state index in [9.17, 15) is 8.78 Å². The van der Waals surface area contributed by atoms with Gasteiger partial charge in [0.05, 0.1) is 11.1 Å². The molecule has 13 heavy (non-hydrogen) atoms. The summed E-state index contributed by atoms with van der Waals surface area (Å²) in [5.41, 5.74) is -0.165. The topological polar surface area (TPSA) is 36.7 Å². The number of pyridine rings is 1. The van der Waals surface area contributed by atoms with Crippen LogP contribution in [-0.2, 0) is 0 Å². The first-order valence-corrected chi connectivity index (χ1v) is 3.79. The zero-order valence-corrected chi connectivity index (χ0v) is 7.44. The highest BCUT2D eigenvalue weighted by Crippen LogP contribution is 2.26. The van der Waals surface area contributed by atoms with Crippen molar-refractivity contribution in [2.45, 2.75) is 13.3 Å². The second-order valence-electron chi connectivity index (χ2n) is 2.42. The Balaban J connectivity index is 3.41. The third-order valence-corrected chi connectivity index (χ3v) is 2.02. The van der Waals surface area contributed by atoms with Crippen molar-refractivity contribution in [1.82, 2.24) is 4.98 Å². The molecular weight excluding hydrogens is 198 g/mol. The molecule has 5 heteroatoms. The van der Waals surface area contributed by atoms with Gasteiger partial charge in [0.1, 0.15) is 11.2 Å². The van der Waals surface area contributed by atoms with Gasteiger partial charge in [-0.15, -0.1) is 0 Å². The van der Waals surface area contributed by atoms with Crippen molar-refractivity contribution < 1.29 is 8.78 Å². The molecule has 0 saturated heterocycles. The van der Waals surface area contributed by atoms with Crippen LogP contribution in [0.3, 0.4) is 0 Å². The van der Waals surface area contributed by atoms with Crippen molar-refractivity contribution in [2.75, 3.05) is 0 Å². The molecule has 0 saturated carbocycles. The van der Waals surface area contributed by atoms with Crippen LogP contribution in [0.1, 0.15) is 23.1 Å². The van der Waals surface area contributed by atoms with Gasteiger partial charge in [0, 0.05) is 11.8 Å². The highest BCUT2D eigenvalue weighted by molar-refractivity contribution is 6.30. The number of hydrogen-bond donors (Lipinski definition) is 0. The minimum absolute atomic E-state index is 0.0842. The molecule has 0 radical (unpaired) electrons. The number of halogens is 3. The predicted molar refractivity (Wildman–Crippen MR) is 43.7 cm³/mol.